The summed E-state index contributed by atoms with van der Waals surface area (Å²) >= 11 is 13.6. The summed E-state index contributed by atoms with van der Waals surface area (Å²) < 4.78 is 5.85. The summed E-state index contributed by atoms with van der Waals surface area (Å²) in [4.78, 5) is 17.4. The van der Waals surface area contributed by atoms with Crippen LogP contribution < -0.4 is 5.32 Å². The van der Waals surface area contributed by atoms with E-state index in [1.54, 1.807) is 36.4 Å². The normalized spacial score (nSPS) is 16.6. The van der Waals surface area contributed by atoms with E-state index in [0.717, 1.165) is 16.8 Å². The first kappa shape index (κ1) is 19.8. The molecule has 0 saturated carbocycles. The highest BCUT2D eigenvalue weighted by Gasteiger charge is 2.24. The minimum atomic E-state index is -0.211. The number of nitrogens with zero attached hydrogens (tertiary/aromatic N) is 1. The van der Waals surface area contributed by atoms with Gasteiger partial charge in [0.25, 0.3) is 5.91 Å². The van der Waals surface area contributed by atoms with Crippen molar-refractivity contribution in [2.45, 2.75) is 13.8 Å². The smallest absolute Gasteiger partial charge is 0.264 e. The van der Waals surface area contributed by atoms with Crippen molar-refractivity contribution in [1.82, 2.24) is 5.32 Å². The van der Waals surface area contributed by atoms with Gasteiger partial charge in [-0.3, -0.25) is 4.79 Å². The standard InChI is InChI=1S/C22H16Cl2N2O2S/c1-12-7-13(2)9-15(8-12)25-22-26-21(27)20(29-22)11-16-4-6-19(28-16)17-10-14(23)3-5-18(17)24/h3-11H,1-2H3,(H,25,26,27)/b20-11+. The second kappa shape index (κ2) is 8.11. The molecule has 0 unspecified atom stereocenters. The van der Waals surface area contributed by atoms with E-state index in [2.05, 4.69) is 16.4 Å². The average molecular weight is 443 g/mol. The Morgan fingerprint density at radius 1 is 1.03 bits per heavy atom. The van der Waals surface area contributed by atoms with E-state index >= 15 is 0 Å². The van der Waals surface area contributed by atoms with Crippen LogP contribution in [0.2, 0.25) is 10.0 Å². The number of halogens is 2. The van der Waals surface area contributed by atoms with E-state index in [4.69, 9.17) is 27.6 Å². The topological polar surface area (TPSA) is 54.6 Å². The molecule has 2 aromatic carbocycles. The highest BCUT2D eigenvalue weighted by atomic mass is 35.5. The van der Waals surface area contributed by atoms with E-state index in [1.165, 1.54) is 11.8 Å². The van der Waals surface area contributed by atoms with Crippen LogP contribution in [0, 0.1) is 13.8 Å². The second-order valence-electron chi connectivity index (χ2n) is 6.65. The van der Waals surface area contributed by atoms with Gasteiger partial charge in [-0.15, -0.1) is 0 Å². The third-order valence-corrected chi connectivity index (χ3v) is 5.66. The summed E-state index contributed by atoms with van der Waals surface area (Å²) in [5, 5.41) is 4.44. The van der Waals surface area contributed by atoms with Crippen molar-refractivity contribution in [3.63, 3.8) is 0 Å². The van der Waals surface area contributed by atoms with Crippen LogP contribution in [0.25, 0.3) is 17.4 Å². The second-order valence-corrected chi connectivity index (χ2v) is 8.53. The number of nitrogens with one attached hydrogen (secondary N) is 1. The Hall–Kier alpha value is -2.47. The van der Waals surface area contributed by atoms with Crippen LogP contribution in [0.4, 0.5) is 5.69 Å². The minimum absolute atomic E-state index is 0.211. The van der Waals surface area contributed by atoms with Gasteiger partial charge >= 0.3 is 0 Å². The molecule has 0 bridgehead atoms. The number of rotatable bonds is 3. The number of carbonyl (C=O) groups is 1. The molecule has 3 aromatic rings. The molecule has 1 aliphatic rings. The highest BCUT2D eigenvalue weighted by molar-refractivity contribution is 8.18. The van der Waals surface area contributed by atoms with Crippen molar-refractivity contribution in [2.24, 2.45) is 4.99 Å². The molecular formula is C22H16Cl2N2O2S. The molecule has 1 aliphatic heterocycles. The van der Waals surface area contributed by atoms with E-state index < -0.39 is 0 Å². The van der Waals surface area contributed by atoms with Gasteiger partial charge in [-0.05, 0) is 79.2 Å². The summed E-state index contributed by atoms with van der Waals surface area (Å²) in [6.07, 6.45) is 1.69. The minimum Gasteiger partial charge on any atom is -0.457 e. The van der Waals surface area contributed by atoms with Gasteiger partial charge < -0.3 is 9.73 Å². The zero-order valence-electron chi connectivity index (χ0n) is 15.6. The number of aryl methyl sites for hydroxylation is 2. The molecule has 146 valence electrons. The van der Waals surface area contributed by atoms with E-state index in [0.29, 0.717) is 37.2 Å². The maximum absolute atomic E-state index is 12.3. The quantitative estimate of drug-likeness (QED) is 0.455. The van der Waals surface area contributed by atoms with Crippen LogP contribution in [0.1, 0.15) is 16.9 Å². The number of amidine groups is 1. The van der Waals surface area contributed by atoms with Gasteiger partial charge in [0.1, 0.15) is 11.5 Å². The molecule has 1 fully saturated rings. The SMILES string of the molecule is Cc1cc(C)cc(N=C2NC(=O)/C(=C\c3ccc(-c4cc(Cl)ccc4Cl)o3)S2)c1. The Labute approximate surface area is 182 Å². The Bertz CT molecular complexity index is 1160. The van der Waals surface area contributed by atoms with Gasteiger partial charge in [-0.2, -0.15) is 0 Å². The molecule has 1 saturated heterocycles. The van der Waals surface area contributed by atoms with Crippen molar-refractivity contribution in [1.29, 1.82) is 0 Å². The van der Waals surface area contributed by atoms with Crippen molar-refractivity contribution in [3.8, 4) is 11.3 Å². The number of carbonyl (C=O) groups excluding carboxylic acids is 1. The zero-order chi connectivity index (χ0) is 20.5. The Morgan fingerprint density at radius 2 is 1.79 bits per heavy atom. The Kier molecular flexibility index (Phi) is 5.54. The van der Waals surface area contributed by atoms with Crippen molar-refractivity contribution in [2.75, 3.05) is 0 Å². The zero-order valence-corrected chi connectivity index (χ0v) is 18.0. The number of hydrogen-bond donors (Lipinski definition) is 1. The van der Waals surface area contributed by atoms with Crippen molar-refractivity contribution >= 4 is 57.8 Å². The largest absolute Gasteiger partial charge is 0.457 e. The highest BCUT2D eigenvalue weighted by Crippen LogP contribution is 2.34. The lowest BCUT2D eigenvalue weighted by molar-refractivity contribution is -0.115. The summed E-state index contributed by atoms with van der Waals surface area (Å²) in [6, 6.07) is 14.8. The van der Waals surface area contributed by atoms with Crippen LogP contribution >= 0.6 is 35.0 Å². The van der Waals surface area contributed by atoms with Crippen LogP contribution in [0.15, 0.2) is 62.8 Å². The number of amides is 1. The monoisotopic (exact) mass is 442 g/mol. The summed E-state index contributed by atoms with van der Waals surface area (Å²) in [5.74, 6) is 0.912. The molecule has 1 amide bonds. The predicted molar refractivity (Wildman–Crippen MR) is 121 cm³/mol. The van der Waals surface area contributed by atoms with Crippen molar-refractivity contribution in [3.05, 3.63) is 80.4 Å². The van der Waals surface area contributed by atoms with Gasteiger partial charge in [-0.1, -0.05) is 29.3 Å². The summed E-state index contributed by atoms with van der Waals surface area (Å²) in [6.45, 7) is 4.03. The molecular weight excluding hydrogens is 427 g/mol. The molecule has 29 heavy (non-hydrogen) atoms. The molecule has 0 spiro atoms. The first-order chi connectivity index (χ1) is 13.9. The molecule has 1 N–H and O–H groups in total. The van der Waals surface area contributed by atoms with Gasteiger partial charge in [0.2, 0.25) is 0 Å². The third-order valence-electron chi connectivity index (χ3n) is 4.18. The maximum Gasteiger partial charge on any atom is 0.264 e. The average Bonchev–Trinajstić information content (AvgIpc) is 3.23. The number of furan rings is 1. The van der Waals surface area contributed by atoms with E-state index in [-0.39, 0.29) is 5.91 Å². The lowest BCUT2D eigenvalue weighted by Gasteiger charge is -2.01. The number of thioether (sulfide) groups is 1. The lowest BCUT2D eigenvalue weighted by atomic mass is 10.1. The number of hydrogen-bond acceptors (Lipinski definition) is 4. The predicted octanol–water partition coefficient (Wildman–Crippen LogP) is 6.76. The third kappa shape index (κ3) is 4.58. The molecule has 4 nitrogen and oxygen atoms in total. The number of benzene rings is 2. The van der Waals surface area contributed by atoms with Crippen molar-refractivity contribution < 1.29 is 9.21 Å². The number of aliphatic imine (C=N–C) groups is 1. The molecule has 1 aromatic heterocycles. The van der Waals surface area contributed by atoms with Crippen LogP contribution in [0.5, 0.6) is 0 Å². The maximum atomic E-state index is 12.3. The molecule has 2 heterocycles. The Morgan fingerprint density at radius 3 is 2.55 bits per heavy atom. The fourth-order valence-electron chi connectivity index (χ4n) is 3.00. The molecule has 4 rings (SSSR count). The van der Waals surface area contributed by atoms with Crippen LogP contribution in [-0.2, 0) is 4.79 Å². The van der Waals surface area contributed by atoms with Gasteiger partial charge in [0, 0.05) is 16.7 Å². The molecule has 7 heteroatoms. The first-order valence-corrected chi connectivity index (χ1v) is 10.4. The molecule has 0 radical (unpaired) electrons. The van der Waals surface area contributed by atoms with Gasteiger partial charge in [0.15, 0.2) is 5.17 Å². The van der Waals surface area contributed by atoms with Crippen LogP contribution in [-0.4, -0.2) is 11.1 Å². The summed E-state index contributed by atoms with van der Waals surface area (Å²) in [5.41, 5.74) is 3.75. The summed E-state index contributed by atoms with van der Waals surface area (Å²) in [7, 11) is 0. The fourth-order valence-corrected chi connectivity index (χ4v) is 4.21. The Balaban J connectivity index is 1.58. The first-order valence-electron chi connectivity index (χ1n) is 8.80. The van der Waals surface area contributed by atoms with E-state index in [1.807, 2.05) is 26.0 Å². The van der Waals surface area contributed by atoms with E-state index in [9.17, 15) is 4.79 Å². The molecule has 0 aliphatic carbocycles. The molecule has 0 atom stereocenters. The lowest BCUT2D eigenvalue weighted by Crippen LogP contribution is -2.19. The fraction of sp³-hybridized carbons (Fsp3) is 0.0909. The van der Waals surface area contributed by atoms with Crippen LogP contribution in [0.3, 0.4) is 0 Å². The van der Waals surface area contributed by atoms with Gasteiger partial charge in [-0.25, -0.2) is 4.99 Å². The van der Waals surface area contributed by atoms with Gasteiger partial charge in [0.05, 0.1) is 15.6 Å².